The first-order valence-electron chi connectivity index (χ1n) is 9.29. The van der Waals surface area contributed by atoms with E-state index in [9.17, 15) is 24.3 Å². The number of H-pyrrole nitrogens is 1. The van der Waals surface area contributed by atoms with Crippen LogP contribution < -0.4 is 16.8 Å². The lowest BCUT2D eigenvalue weighted by Gasteiger charge is -2.46. The van der Waals surface area contributed by atoms with E-state index in [0.717, 1.165) is 12.1 Å². The normalized spacial score (nSPS) is 23.4. The number of pyridine rings is 1. The smallest absolute Gasteiger partial charge is 0.328 e. The highest BCUT2D eigenvalue weighted by Crippen LogP contribution is 2.40. The molecule has 1 amide bonds. The number of aliphatic hydroxyl groups excluding tert-OH is 1. The van der Waals surface area contributed by atoms with Gasteiger partial charge in [-0.2, -0.15) is 0 Å². The Balaban J connectivity index is 1.62. The number of likely N-dealkylation sites (tertiary alicyclic amines) is 1. The molecule has 1 fully saturated rings. The Morgan fingerprint density at radius 1 is 1.25 bits per heavy atom. The van der Waals surface area contributed by atoms with Crippen LogP contribution in [0.2, 0.25) is 0 Å². The van der Waals surface area contributed by atoms with Crippen molar-refractivity contribution in [3.63, 3.8) is 0 Å². The minimum absolute atomic E-state index is 0.00781. The molecule has 9 heteroatoms. The molecule has 2 aromatic rings. The lowest BCUT2D eigenvalue weighted by atomic mass is 9.78. The number of aromatic nitrogens is 3. The molecule has 0 radical (unpaired) electrons. The molecule has 4 heterocycles. The molecular weight excluding hydrogens is 364 g/mol. The van der Waals surface area contributed by atoms with Crippen molar-refractivity contribution in [3.8, 4) is 0 Å². The number of nitrogens with one attached hydrogen (secondary N) is 1. The average molecular weight is 386 g/mol. The van der Waals surface area contributed by atoms with Crippen LogP contribution in [0.25, 0.3) is 0 Å². The van der Waals surface area contributed by atoms with Crippen molar-refractivity contribution in [2.24, 2.45) is 5.92 Å². The van der Waals surface area contributed by atoms with Gasteiger partial charge < -0.3 is 14.6 Å². The van der Waals surface area contributed by atoms with E-state index >= 15 is 0 Å². The summed E-state index contributed by atoms with van der Waals surface area (Å²) >= 11 is 0. The first-order chi connectivity index (χ1) is 13.4. The van der Waals surface area contributed by atoms with Crippen LogP contribution in [-0.2, 0) is 11.3 Å². The summed E-state index contributed by atoms with van der Waals surface area (Å²) in [5.74, 6) is -0.255. The molecule has 2 N–H and O–H groups in total. The molecule has 2 aliphatic rings. The Morgan fingerprint density at radius 3 is 2.79 bits per heavy atom. The van der Waals surface area contributed by atoms with E-state index in [1.807, 2.05) is 6.07 Å². The number of rotatable bonds is 3. The van der Waals surface area contributed by atoms with Crippen molar-refractivity contribution in [1.82, 2.24) is 19.0 Å². The summed E-state index contributed by atoms with van der Waals surface area (Å²) in [6.07, 6.45) is 2.19. The minimum Gasteiger partial charge on any atom is -0.394 e. The van der Waals surface area contributed by atoms with Gasteiger partial charge in [-0.1, -0.05) is 6.07 Å². The summed E-state index contributed by atoms with van der Waals surface area (Å²) in [6.45, 7) is 2.10. The van der Waals surface area contributed by atoms with Crippen LogP contribution in [0.5, 0.6) is 0 Å². The van der Waals surface area contributed by atoms with E-state index < -0.39 is 11.2 Å². The third-order valence-corrected chi connectivity index (χ3v) is 5.83. The second-order valence-corrected chi connectivity index (χ2v) is 7.60. The van der Waals surface area contributed by atoms with E-state index in [0.29, 0.717) is 18.7 Å². The largest absolute Gasteiger partial charge is 0.394 e. The molecule has 4 rings (SSSR count). The standard InChI is InChI=1S/C19H22N4O5/c1-11-6-22(19(28)20-18(11)27)9-17(26)21-7-12-5-13(8-21)15(10-24)23-14(12)3-2-4-16(23)25/h2-4,6,12-13,15,24H,5,7-10H2,1H3,(H,20,27,28)/t12-,13+,15+/m1/s1. The molecule has 3 atom stereocenters. The zero-order chi connectivity index (χ0) is 20.0. The van der Waals surface area contributed by atoms with Crippen LogP contribution in [0.15, 0.2) is 38.8 Å². The van der Waals surface area contributed by atoms with Crippen LogP contribution in [0, 0.1) is 12.8 Å². The SMILES string of the molecule is Cc1cn(CC(=O)N2C[C@H]3C[C@@H](C2)[C@H](CO)n2c3cccc2=O)c(=O)[nH]c1=O. The minimum atomic E-state index is -0.619. The Bertz CT molecular complexity index is 1100. The number of aromatic amines is 1. The Kier molecular flexibility index (Phi) is 4.54. The number of amides is 1. The van der Waals surface area contributed by atoms with E-state index in [4.69, 9.17) is 0 Å². The van der Waals surface area contributed by atoms with Crippen molar-refractivity contribution < 1.29 is 9.90 Å². The number of aliphatic hydroxyl groups is 1. The molecular formula is C19H22N4O5. The molecule has 0 aromatic carbocycles. The van der Waals surface area contributed by atoms with Crippen molar-refractivity contribution in [1.29, 1.82) is 0 Å². The summed E-state index contributed by atoms with van der Waals surface area (Å²) in [5, 5.41) is 9.88. The molecule has 1 saturated heterocycles. The molecule has 9 nitrogen and oxygen atoms in total. The van der Waals surface area contributed by atoms with Crippen LogP contribution in [0.1, 0.15) is 29.6 Å². The average Bonchev–Trinajstić information content (AvgIpc) is 2.67. The second kappa shape index (κ2) is 6.90. The van der Waals surface area contributed by atoms with Gasteiger partial charge in [0.1, 0.15) is 6.54 Å². The van der Waals surface area contributed by atoms with E-state index in [1.165, 1.54) is 16.8 Å². The molecule has 148 valence electrons. The number of hydrogen-bond acceptors (Lipinski definition) is 5. The van der Waals surface area contributed by atoms with Gasteiger partial charge in [0.15, 0.2) is 0 Å². The number of piperidine rings is 1. The van der Waals surface area contributed by atoms with Gasteiger partial charge in [0.05, 0.1) is 12.6 Å². The predicted octanol–water partition coefficient (Wildman–Crippen LogP) is -0.814. The molecule has 0 saturated carbocycles. The monoisotopic (exact) mass is 386 g/mol. The Hall–Kier alpha value is -2.94. The van der Waals surface area contributed by atoms with Gasteiger partial charge in [-0.25, -0.2) is 4.79 Å². The van der Waals surface area contributed by atoms with Crippen molar-refractivity contribution in [3.05, 3.63) is 66.8 Å². The molecule has 0 unspecified atom stereocenters. The predicted molar refractivity (Wildman–Crippen MR) is 100 cm³/mol. The fraction of sp³-hybridized carbons (Fsp3) is 0.474. The van der Waals surface area contributed by atoms with Gasteiger partial charge in [-0.15, -0.1) is 0 Å². The van der Waals surface area contributed by atoms with Gasteiger partial charge in [0.25, 0.3) is 11.1 Å². The number of carbonyl (C=O) groups is 1. The fourth-order valence-corrected chi connectivity index (χ4v) is 4.46. The molecule has 0 aliphatic carbocycles. The van der Waals surface area contributed by atoms with E-state index in [2.05, 4.69) is 4.98 Å². The lowest BCUT2D eigenvalue weighted by molar-refractivity contribution is -0.135. The molecule has 2 aromatic heterocycles. The van der Waals surface area contributed by atoms with Gasteiger partial charge in [0, 0.05) is 48.4 Å². The second-order valence-electron chi connectivity index (χ2n) is 7.60. The Labute approximate surface area is 159 Å². The van der Waals surface area contributed by atoms with E-state index in [1.54, 1.807) is 22.5 Å². The summed E-state index contributed by atoms with van der Waals surface area (Å²) in [5.41, 5.74) is -0.0319. The number of hydrogen-bond donors (Lipinski definition) is 2. The summed E-state index contributed by atoms with van der Waals surface area (Å²) < 4.78 is 2.86. The number of fused-ring (bicyclic) bond motifs is 4. The molecule has 0 spiro atoms. The summed E-state index contributed by atoms with van der Waals surface area (Å²) in [7, 11) is 0. The lowest BCUT2D eigenvalue weighted by Crippen LogP contribution is -2.52. The van der Waals surface area contributed by atoms with Crippen molar-refractivity contribution >= 4 is 5.91 Å². The third-order valence-electron chi connectivity index (χ3n) is 5.83. The molecule has 28 heavy (non-hydrogen) atoms. The highest BCUT2D eigenvalue weighted by Gasteiger charge is 2.41. The Morgan fingerprint density at radius 2 is 2.04 bits per heavy atom. The number of nitrogens with zero attached hydrogens (tertiary/aromatic N) is 3. The van der Waals surface area contributed by atoms with E-state index in [-0.39, 0.29) is 42.5 Å². The first-order valence-corrected chi connectivity index (χ1v) is 9.29. The molecule has 2 bridgehead atoms. The first kappa shape index (κ1) is 18.4. The maximum atomic E-state index is 12.9. The topological polar surface area (TPSA) is 117 Å². The van der Waals surface area contributed by atoms with Gasteiger partial charge >= 0.3 is 5.69 Å². The van der Waals surface area contributed by atoms with Crippen molar-refractivity contribution in [2.45, 2.75) is 31.8 Å². The highest BCUT2D eigenvalue weighted by molar-refractivity contribution is 5.76. The van der Waals surface area contributed by atoms with Crippen LogP contribution in [0.4, 0.5) is 0 Å². The van der Waals surface area contributed by atoms with Gasteiger partial charge in [0.2, 0.25) is 5.91 Å². The number of aryl methyl sites for hydroxylation is 1. The molecule has 2 aliphatic heterocycles. The zero-order valence-electron chi connectivity index (χ0n) is 15.5. The summed E-state index contributed by atoms with van der Waals surface area (Å²) in [6, 6.07) is 4.69. The van der Waals surface area contributed by atoms with Gasteiger partial charge in [-0.3, -0.25) is 23.9 Å². The number of carbonyl (C=O) groups excluding carboxylic acids is 1. The highest BCUT2D eigenvalue weighted by atomic mass is 16.3. The van der Waals surface area contributed by atoms with Crippen molar-refractivity contribution in [2.75, 3.05) is 19.7 Å². The maximum Gasteiger partial charge on any atom is 0.328 e. The maximum absolute atomic E-state index is 12.9. The quantitative estimate of drug-likeness (QED) is 0.715. The third kappa shape index (κ3) is 3.01. The fourth-order valence-electron chi connectivity index (χ4n) is 4.46. The van der Waals surface area contributed by atoms with Crippen LogP contribution >= 0.6 is 0 Å². The summed E-state index contributed by atoms with van der Waals surface area (Å²) in [4.78, 5) is 52.6. The van der Waals surface area contributed by atoms with Gasteiger partial charge in [-0.05, 0) is 19.4 Å². The zero-order valence-corrected chi connectivity index (χ0v) is 15.5. The van der Waals surface area contributed by atoms with Crippen LogP contribution in [-0.4, -0.2) is 49.7 Å². The van der Waals surface area contributed by atoms with Crippen LogP contribution in [0.3, 0.4) is 0 Å².